The summed E-state index contributed by atoms with van der Waals surface area (Å²) in [4.78, 5) is 21.2. The van der Waals surface area contributed by atoms with Crippen molar-refractivity contribution in [2.24, 2.45) is 15.3 Å². The van der Waals surface area contributed by atoms with Crippen molar-refractivity contribution < 1.29 is 29.2 Å². The number of nitrogens with zero attached hydrogens (tertiary/aromatic N) is 9. The van der Waals surface area contributed by atoms with Gasteiger partial charge in [0.05, 0.1) is 30.3 Å². The van der Waals surface area contributed by atoms with E-state index >= 15 is 0 Å². The molecule has 0 unspecified atom stereocenters. The SMILES string of the molecule is [N-]=[N+]=N[C@H]1C[C@@H](N=[N+]=[N-])[C@H](O)[C@@H](O)[C@@H]1O[C@H]1O[C@H]([C@H](OC(=O)NCc2ccccc2)c2ccccc2)CC[C@H]1N=[N+]=[N-]. The Labute approximate surface area is 240 Å². The number of ether oxygens (including phenoxy) is 3. The number of nitrogens with one attached hydrogen (secondary N) is 1. The van der Waals surface area contributed by atoms with Gasteiger partial charge in [-0.1, -0.05) is 76.0 Å². The number of azide groups is 3. The number of alkyl carbamates (subject to hydrolysis) is 1. The van der Waals surface area contributed by atoms with Crippen molar-refractivity contribution in [2.75, 3.05) is 0 Å². The fraction of sp³-hybridized carbons (Fsp3) is 0.500. The van der Waals surface area contributed by atoms with Crippen LogP contribution in [0.4, 0.5) is 4.79 Å². The van der Waals surface area contributed by atoms with Gasteiger partial charge in [-0.25, -0.2) is 4.79 Å². The number of hydrogen-bond donors (Lipinski definition) is 3. The summed E-state index contributed by atoms with van der Waals surface area (Å²) >= 11 is 0. The van der Waals surface area contributed by atoms with Crippen LogP contribution in [0, 0.1) is 0 Å². The first-order valence-corrected chi connectivity index (χ1v) is 13.3. The van der Waals surface area contributed by atoms with Crippen LogP contribution in [0.5, 0.6) is 0 Å². The van der Waals surface area contributed by atoms with E-state index in [0.29, 0.717) is 12.0 Å². The van der Waals surface area contributed by atoms with Crippen LogP contribution in [-0.4, -0.2) is 65.1 Å². The topological polar surface area (TPSA) is 244 Å². The third-order valence-electron chi connectivity index (χ3n) is 7.18. The summed E-state index contributed by atoms with van der Waals surface area (Å²) in [7, 11) is 0. The minimum atomic E-state index is -1.62. The molecule has 0 radical (unpaired) electrons. The average molecular weight is 579 g/mol. The highest BCUT2D eigenvalue weighted by Crippen LogP contribution is 2.36. The first-order chi connectivity index (χ1) is 20.4. The Morgan fingerprint density at radius 3 is 2.19 bits per heavy atom. The van der Waals surface area contributed by atoms with E-state index in [4.69, 9.17) is 30.8 Å². The Morgan fingerprint density at radius 1 is 0.905 bits per heavy atom. The summed E-state index contributed by atoms with van der Waals surface area (Å²) in [6, 6.07) is 15.3. The number of aliphatic hydroxyl groups is 2. The number of hydrogen-bond acceptors (Lipinski definition) is 9. The number of carbonyl (C=O) groups is 1. The van der Waals surface area contributed by atoms with Crippen LogP contribution in [0.2, 0.25) is 0 Å². The maximum atomic E-state index is 12.9. The van der Waals surface area contributed by atoms with Crippen LogP contribution in [-0.2, 0) is 20.8 Å². The summed E-state index contributed by atoms with van der Waals surface area (Å²) in [6.07, 6.45) is -7.50. The van der Waals surface area contributed by atoms with Crippen LogP contribution >= 0.6 is 0 Å². The number of amides is 1. The third kappa shape index (κ3) is 7.60. The van der Waals surface area contributed by atoms with Crippen molar-refractivity contribution in [3.63, 3.8) is 0 Å². The molecule has 9 atom stereocenters. The molecule has 3 N–H and O–H groups in total. The Kier molecular flexibility index (Phi) is 10.8. The standard InChI is InChI=1S/C26H30N10O6/c27-34-31-17-11-12-20(40-25(17)41-24-19(33-36-29)13-18(32-35-28)21(37)22(24)38)23(16-9-5-2-6-10-16)42-26(39)30-14-15-7-3-1-4-8-15/h1-10,17-25,37-38H,11-14H2,(H,30,39)/t17-,18-,19+,20+,21+,22-,23-,24-,25-/m1/s1. The predicted octanol–water partition coefficient (Wildman–Crippen LogP) is 4.71. The largest absolute Gasteiger partial charge is 0.439 e. The van der Waals surface area contributed by atoms with Crippen molar-refractivity contribution in [3.05, 3.63) is 103 Å². The molecule has 42 heavy (non-hydrogen) atoms. The van der Waals surface area contributed by atoms with Gasteiger partial charge < -0.3 is 29.7 Å². The summed E-state index contributed by atoms with van der Waals surface area (Å²) in [5, 5.41) is 35.0. The molecule has 16 nitrogen and oxygen atoms in total. The minimum Gasteiger partial charge on any atom is -0.439 e. The number of rotatable bonds is 10. The quantitative estimate of drug-likeness (QED) is 0.204. The summed E-state index contributed by atoms with van der Waals surface area (Å²) in [5.74, 6) is 0. The Hall–Kier alpha value is -4.52. The molecule has 1 heterocycles. The predicted molar refractivity (Wildman–Crippen MR) is 147 cm³/mol. The second-order valence-electron chi connectivity index (χ2n) is 9.83. The molecule has 0 aromatic heterocycles. The molecule has 2 aliphatic rings. The van der Waals surface area contributed by atoms with Crippen molar-refractivity contribution in [1.29, 1.82) is 0 Å². The van der Waals surface area contributed by atoms with E-state index in [2.05, 4.69) is 35.4 Å². The van der Waals surface area contributed by atoms with Crippen LogP contribution in [0.25, 0.3) is 31.3 Å². The van der Waals surface area contributed by atoms with Crippen LogP contribution in [0.3, 0.4) is 0 Å². The zero-order valence-corrected chi connectivity index (χ0v) is 22.4. The highest BCUT2D eigenvalue weighted by Gasteiger charge is 2.47. The monoisotopic (exact) mass is 578 g/mol. The fourth-order valence-electron chi connectivity index (χ4n) is 5.11. The number of benzene rings is 2. The highest BCUT2D eigenvalue weighted by molar-refractivity contribution is 5.67. The van der Waals surface area contributed by atoms with Gasteiger partial charge in [0, 0.05) is 21.3 Å². The van der Waals surface area contributed by atoms with E-state index in [9.17, 15) is 15.0 Å². The molecule has 1 amide bonds. The summed E-state index contributed by atoms with van der Waals surface area (Å²) in [5.41, 5.74) is 28.6. The lowest BCUT2D eigenvalue weighted by atomic mass is 9.84. The molecule has 0 bridgehead atoms. The molecule has 2 fully saturated rings. The Bertz CT molecular complexity index is 1330. The molecule has 1 saturated carbocycles. The van der Waals surface area contributed by atoms with Crippen LogP contribution in [0.15, 0.2) is 76.0 Å². The van der Waals surface area contributed by atoms with E-state index in [0.717, 1.165) is 5.56 Å². The molecular weight excluding hydrogens is 548 g/mol. The lowest BCUT2D eigenvalue weighted by Crippen LogP contribution is -2.58. The van der Waals surface area contributed by atoms with Gasteiger partial charge >= 0.3 is 6.09 Å². The molecule has 2 aromatic rings. The van der Waals surface area contributed by atoms with Crippen LogP contribution < -0.4 is 5.32 Å². The van der Waals surface area contributed by atoms with Crippen molar-refractivity contribution in [1.82, 2.24) is 5.32 Å². The fourth-order valence-corrected chi connectivity index (χ4v) is 5.11. The average Bonchev–Trinajstić information content (AvgIpc) is 3.01. The van der Waals surface area contributed by atoms with E-state index in [1.165, 1.54) is 0 Å². The van der Waals surface area contributed by atoms with Gasteiger partial charge in [0.25, 0.3) is 0 Å². The lowest BCUT2D eigenvalue weighted by Gasteiger charge is -2.44. The second kappa shape index (κ2) is 14.9. The minimum absolute atomic E-state index is 0.101. The molecule has 220 valence electrons. The smallest absolute Gasteiger partial charge is 0.408 e. The van der Waals surface area contributed by atoms with Gasteiger partial charge in [-0.3, -0.25) is 0 Å². The number of aliphatic hydroxyl groups excluding tert-OH is 2. The molecule has 1 aliphatic carbocycles. The maximum Gasteiger partial charge on any atom is 0.408 e. The van der Waals surface area contributed by atoms with Gasteiger partial charge in [-0.2, -0.15) is 0 Å². The Morgan fingerprint density at radius 2 is 1.52 bits per heavy atom. The summed E-state index contributed by atoms with van der Waals surface area (Å²) < 4.78 is 18.1. The molecule has 1 aliphatic heterocycles. The molecular formula is C26H30N10O6. The van der Waals surface area contributed by atoms with Gasteiger partial charge in [0.1, 0.15) is 12.2 Å². The van der Waals surface area contributed by atoms with Crippen molar-refractivity contribution >= 4 is 6.09 Å². The molecule has 0 spiro atoms. The van der Waals surface area contributed by atoms with E-state index in [1.54, 1.807) is 24.3 Å². The van der Waals surface area contributed by atoms with Crippen molar-refractivity contribution in [2.45, 2.75) is 80.7 Å². The molecule has 2 aromatic carbocycles. The Balaban J connectivity index is 1.55. The lowest BCUT2D eigenvalue weighted by molar-refractivity contribution is -0.264. The van der Waals surface area contributed by atoms with Gasteiger partial charge in [0.2, 0.25) is 0 Å². The van der Waals surface area contributed by atoms with Crippen molar-refractivity contribution in [3.8, 4) is 0 Å². The van der Waals surface area contributed by atoms with Crippen LogP contribution in [0.1, 0.15) is 36.5 Å². The zero-order valence-electron chi connectivity index (χ0n) is 22.4. The number of carbonyl (C=O) groups excluding carboxylic acids is 1. The van der Waals surface area contributed by atoms with E-state index in [1.807, 2.05) is 36.4 Å². The maximum absolute atomic E-state index is 12.9. The molecule has 1 saturated heterocycles. The third-order valence-corrected chi connectivity index (χ3v) is 7.18. The van der Waals surface area contributed by atoms with E-state index in [-0.39, 0.29) is 19.4 Å². The molecule has 16 heteroatoms. The summed E-state index contributed by atoms with van der Waals surface area (Å²) in [6.45, 7) is 0.247. The van der Waals surface area contributed by atoms with E-state index < -0.39 is 61.0 Å². The first-order valence-electron chi connectivity index (χ1n) is 13.3. The second-order valence-corrected chi connectivity index (χ2v) is 9.83. The normalized spacial score (nSPS) is 29.5. The first kappa shape index (κ1) is 30.4. The molecule has 4 rings (SSSR count). The highest BCUT2D eigenvalue weighted by atomic mass is 16.7. The van der Waals surface area contributed by atoms with Gasteiger partial charge in [-0.15, -0.1) is 0 Å². The van der Waals surface area contributed by atoms with Gasteiger partial charge in [0.15, 0.2) is 12.4 Å². The zero-order chi connectivity index (χ0) is 29.9. The van der Waals surface area contributed by atoms with Gasteiger partial charge in [-0.05, 0) is 47.0 Å².